The number of aliphatic hydroxyl groups is 1. The van der Waals surface area contributed by atoms with Crippen molar-refractivity contribution in [2.75, 3.05) is 0 Å². The van der Waals surface area contributed by atoms with E-state index in [-0.39, 0.29) is 23.4 Å². The lowest BCUT2D eigenvalue weighted by Gasteiger charge is -2.51. The zero-order valence-corrected chi connectivity index (χ0v) is 13.6. The van der Waals surface area contributed by atoms with Crippen LogP contribution in [0.15, 0.2) is 24.8 Å². The third-order valence-corrected chi connectivity index (χ3v) is 7.04. The number of carbonyl (C=O) groups excluding carboxylic acids is 1. The standard InChI is InChI=1S/C20H22O4/c1-2-3-11-6-9-20-15(22)7-8-19(23)13(11)10-12-4-5-14(21)17(24-20)16(12)18(19)20/h2,4-5,11,13,18,21,23H,1,3,6-10H2/t11?,13-,18?,19+,20-/m0/s1. The molecular formula is C20H22O4. The first kappa shape index (κ1) is 14.5. The zero-order valence-electron chi connectivity index (χ0n) is 13.6. The maximum absolute atomic E-state index is 12.9. The molecule has 4 aliphatic rings. The van der Waals surface area contributed by atoms with Crippen molar-refractivity contribution in [3.63, 3.8) is 0 Å². The van der Waals surface area contributed by atoms with Crippen LogP contribution in [-0.4, -0.2) is 27.2 Å². The molecule has 0 amide bonds. The molecule has 126 valence electrons. The molecule has 2 unspecified atom stereocenters. The normalized spacial score (nSPS) is 41.5. The number of carbonyl (C=O) groups is 1. The highest BCUT2D eigenvalue weighted by Crippen LogP contribution is 2.67. The number of rotatable bonds is 2. The molecule has 4 heteroatoms. The second-order valence-corrected chi connectivity index (χ2v) is 7.96. The van der Waals surface area contributed by atoms with Gasteiger partial charge in [-0.2, -0.15) is 0 Å². The lowest BCUT2D eigenvalue weighted by Crippen LogP contribution is -2.62. The van der Waals surface area contributed by atoms with Crippen LogP contribution in [0.4, 0.5) is 0 Å². The lowest BCUT2D eigenvalue weighted by atomic mass is 9.55. The largest absolute Gasteiger partial charge is 0.504 e. The third kappa shape index (κ3) is 1.47. The van der Waals surface area contributed by atoms with Crippen molar-refractivity contribution in [1.82, 2.24) is 0 Å². The third-order valence-electron chi connectivity index (χ3n) is 7.04. The summed E-state index contributed by atoms with van der Waals surface area (Å²) in [5, 5.41) is 22.0. The molecule has 0 radical (unpaired) electrons. The molecule has 2 N–H and O–H groups in total. The van der Waals surface area contributed by atoms with Gasteiger partial charge in [-0.25, -0.2) is 0 Å². The zero-order chi connectivity index (χ0) is 16.7. The van der Waals surface area contributed by atoms with Gasteiger partial charge in [0.2, 0.25) is 0 Å². The van der Waals surface area contributed by atoms with Gasteiger partial charge in [-0.1, -0.05) is 12.1 Å². The van der Waals surface area contributed by atoms with E-state index in [2.05, 4.69) is 6.58 Å². The van der Waals surface area contributed by atoms with Gasteiger partial charge in [0.1, 0.15) is 0 Å². The molecule has 24 heavy (non-hydrogen) atoms. The Balaban J connectivity index is 1.81. The van der Waals surface area contributed by atoms with Crippen molar-refractivity contribution < 1.29 is 19.7 Å². The van der Waals surface area contributed by atoms with Crippen LogP contribution in [-0.2, 0) is 11.2 Å². The minimum Gasteiger partial charge on any atom is -0.504 e. The van der Waals surface area contributed by atoms with Crippen molar-refractivity contribution in [3.8, 4) is 11.5 Å². The fourth-order valence-electron chi connectivity index (χ4n) is 6.07. The lowest BCUT2D eigenvalue weighted by molar-refractivity contribution is -0.160. The van der Waals surface area contributed by atoms with E-state index in [9.17, 15) is 15.0 Å². The summed E-state index contributed by atoms with van der Waals surface area (Å²) in [5.74, 6) is 0.693. The summed E-state index contributed by atoms with van der Waals surface area (Å²) in [4.78, 5) is 12.9. The highest BCUT2D eigenvalue weighted by molar-refractivity contribution is 5.92. The fourth-order valence-corrected chi connectivity index (χ4v) is 6.07. The predicted molar refractivity (Wildman–Crippen MR) is 88.1 cm³/mol. The number of Topliss-reactive ketones (excluding diaryl/α,β-unsaturated/α-hetero) is 1. The minimum absolute atomic E-state index is 0.0821. The average Bonchev–Trinajstić information content (AvgIpc) is 2.93. The quantitative estimate of drug-likeness (QED) is 0.820. The van der Waals surface area contributed by atoms with Gasteiger partial charge in [0.05, 0.1) is 11.5 Å². The number of ether oxygens (including phenoxy) is 1. The number of phenols is 1. The summed E-state index contributed by atoms with van der Waals surface area (Å²) in [6.07, 6.45) is 5.87. The second kappa shape index (κ2) is 4.42. The van der Waals surface area contributed by atoms with Crippen LogP contribution in [0.5, 0.6) is 11.5 Å². The molecule has 2 fully saturated rings. The van der Waals surface area contributed by atoms with Crippen LogP contribution in [0.3, 0.4) is 0 Å². The monoisotopic (exact) mass is 326 g/mol. The van der Waals surface area contributed by atoms with E-state index >= 15 is 0 Å². The van der Waals surface area contributed by atoms with Crippen molar-refractivity contribution >= 4 is 5.78 Å². The molecule has 0 saturated heterocycles. The topological polar surface area (TPSA) is 66.8 Å². The van der Waals surface area contributed by atoms with Gasteiger partial charge in [-0.05, 0) is 55.6 Å². The number of benzene rings is 1. The Morgan fingerprint density at radius 1 is 1.38 bits per heavy atom. The molecule has 4 nitrogen and oxygen atoms in total. The number of phenolic OH excluding ortho intramolecular Hbond substituents is 1. The number of ketones is 1. The van der Waals surface area contributed by atoms with E-state index in [1.165, 1.54) is 0 Å². The smallest absolute Gasteiger partial charge is 0.177 e. The Morgan fingerprint density at radius 3 is 3.00 bits per heavy atom. The van der Waals surface area contributed by atoms with Gasteiger partial charge in [-0.3, -0.25) is 4.79 Å². The maximum Gasteiger partial charge on any atom is 0.177 e. The van der Waals surface area contributed by atoms with Crippen LogP contribution in [0, 0.1) is 11.8 Å². The molecule has 3 aliphatic carbocycles. The van der Waals surface area contributed by atoms with Gasteiger partial charge in [-0.15, -0.1) is 6.58 Å². The first-order valence-electron chi connectivity index (χ1n) is 8.91. The molecule has 2 saturated carbocycles. The number of aromatic hydroxyl groups is 1. The Kier molecular flexibility index (Phi) is 2.68. The molecule has 5 rings (SSSR count). The van der Waals surface area contributed by atoms with Gasteiger partial charge in [0.25, 0.3) is 0 Å². The Hall–Kier alpha value is -1.81. The maximum atomic E-state index is 12.9. The van der Waals surface area contributed by atoms with Crippen LogP contribution >= 0.6 is 0 Å². The molecule has 0 spiro atoms. The highest BCUT2D eigenvalue weighted by atomic mass is 16.5. The molecule has 0 aromatic heterocycles. The molecule has 1 aromatic rings. The van der Waals surface area contributed by atoms with E-state index in [4.69, 9.17) is 4.74 Å². The minimum atomic E-state index is -0.989. The Bertz CT molecular complexity index is 769. The molecule has 1 aliphatic heterocycles. The first-order valence-corrected chi connectivity index (χ1v) is 8.91. The summed E-state index contributed by atoms with van der Waals surface area (Å²) in [6, 6.07) is 3.60. The van der Waals surface area contributed by atoms with Crippen LogP contribution in [0.2, 0.25) is 0 Å². The molecule has 1 heterocycles. The fraction of sp³-hybridized carbons (Fsp3) is 0.550. The number of allylic oxidation sites excluding steroid dienone is 1. The molecular weight excluding hydrogens is 304 g/mol. The van der Waals surface area contributed by atoms with Crippen molar-refractivity contribution in [1.29, 1.82) is 0 Å². The van der Waals surface area contributed by atoms with Gasteiger partial charge in [0, 0.05) is 12.0 Å². The molecule has 5 atom stereocenters. The summed E-state index contributed by atoms with van der Waals surface area (Å²) in [6.45, 7) is 3.89. The average molecular weight is 326 g/mol. The van der Waals surface area contributed by atoms with Crippen molar-refractivity contribution in [2.24, 2.45) is 11.8 Å². The van der Waals surface area contributed by atoms with E-state index in [1.54, 1.807) is 6.07 Å². The van der Waals surface area contributed by atoms with Crippen molar-refractivity contribution in [2.45, 2.75) is 55.6 Å². The van der Waals surface area contributed by atoms with Crippen LogP contribution in [0.1, 0.15) is 49.1 Å². The summed E-state index contributed by atoms with van der Waals surface area (Å²) in [5.41, 5.74) is 0.0952. The molecule has 4 bridgehead atoms. The van der Waals surface area contributed by atoms with Crippen LogP contribution in [0.25, 0.3) is 0 Å². The summed E-state index contributed by atoms with van der Waals surface area (Å²) in [7, 11) is 0. The first-order chi connectivity index (χ1) is 11.5. The predicted octanol–water partition coefficient (Wildman–Crippen LogP) is 2.86. The number of hydrogen-bond acceptors (Lipinski definition) is 4. The number of hydrogen-bond donors (Lipinski definition) is 2. The van der Waals surface area contributed by atoms with E-state index < -0.39 is 11.2 Å². The van der Waals surface area contributed by atoms with E-state index in [0.29, 0.717) is 30.9 Å². The van der Waals surface area contributed by atoms with Gasteiger partial charge >= 0.3 is 0 Å². The van der Waals surface area contributed by atoms with Gasteiger partial charge < -0.3 is 14.9 Å². The van der Waals surface area contributed by atoms with Crippen LogP contribution < -0.4 is 4.74 Å². The summed E-state index contributed by atoms with van der Waals surface area (Å²) >= 11 is 0. The molecule has 1 aromatic carbocycles. The SMILES string of the molecule is C=CCC1CC[C@@]23Oc4c(O)ccc5c4C2[C@@](O)(CCC3=O)[C@H]1C5. The van der Waals surface area contributed by atoms with E-state index in [1.807, 2.05) is 12.1 Å². The second-order valence-electron chi connectivity index (χ2n) is 7.96. The van der Waals surface area contributed by atoms with Crippen molar-refractivity contribution in [3.05, 3.63) is 35.9 Å². The van der Waals surface area contributed by atoms with Gasteiger partial charge in [0.15, 0.2) is 22.9 Å². The Morgan fingerprint density at radius 2 is 2.21 bits per heavy atom. The highest BCUT2D eigenvalue weighted by Gasteiger charge is 2.70. The van der Waals surface area contributed by atoms with E-state index in [0.717, 1.165) is 30.4 Å². The Labute approximate surface area is 141 Å². The summed E-state index contributed by atoms with van der Waals surface area (Å²) < 4.78 is 6.21.